The van der Waals surface area contributed by atoms with E-state index in [1.165, 1.54) is 6.42 Å². The average molecular weight is 287 g/mol. The molecule has 0 aromatic carbocycles. The first kappa shape index (κ1) is 13.1. The van der Waals surface area contributed by atoms with Gasteiger partial charge < -0.3 is 9.42 Å². The maximum absolute atomic E-state index is 12.4. The summed E-state index contributed by atoms with van der Waals surface area (Å²) >= 11 is 0. The lowest BCUT2D eigenvalue weighted by atomic mass is 9.79. The fourth-order valence-electron chi connectivity index (χ4n) is 3.64. The van der Waals surface area contributed by atoms with Crippen LogP contribution in [0.2, 0.25) is 0 Å². The molecular weight excluding hydrogens is 266 g/mol. The van der Waals surface area contributed by atoms with Crippen LogP contribution in [0.5, 0.6) is 0 Å². The summed E-state index contributed by atoms with van der Waals surface area (Å²) in [5.74, 6) is 1.41. The van der Waals surface area contributed by atoms with Crippen molar-refractivity contribution in [1.82, 2.24) is 15.0 Å². The van der Waals surface area contributed by atoms with Crippen LogP contribution in [0.4, 0.5) is 0 Å². The number of aromatic nitrogens is 1. The molecule has 0 N–H and O–H groups in total. The van der Waals surface area contributed by atoms with Gasteiger partial charge >= 0.3 is 0 Å². The Hall–Kier alpha value is -1.62. The van der Waals surface area contributed by atoms with Crippen molar-refractivity contribution >= 4 is 5.91 Å². The van der Waals surface area contributed by atoms with Gasteiger partial charge in [-0.05, 0) is 25.8 Å². The summed E-state index contributed by atoms with van der Waals surface area (Å²) in [6.07, 6.45) is 5.45. The van der Waals surface area contributed by atoms with Gasteiger partial charge in [0, 0.05) is 43.6 Å². The summed E-state index contributed by atoms with van der Waals surface area (Å²) in [6.45, 7) is 8.64. The van der Waals surface area contributed by atoms with E-state index in [1.54, 1.807) is 0 Å². The molecule has 1 aromatic heterocycles. The highest BCUT2D eigenvalue weighted by atomic mass is 16.5. The Balaban J connectivity index is 1.36. The van der Waals surface area contributed by atoms with E-state index in [2.05, 4.69) is 16.6 Å². The summed E-state index contributed by atoms with van der Waals surface area (Å²) in [5.41, 5.74) is 0.787. The molecule has 0 bridgehead atoms. The van der Waals surface area contributed by atoms with Crippen LogP contribution in [0, 0.1) is 5.41 Å². The third-order valence-electron chi connectivity index (χ3n) is 4.97. The molecule has 3 heterocycles. The second-order valence-electron chi connectivity index (χ2n) is 6.82. The van der Waals surface area contributed by atoms with Crippen molar-refractivity contribution in [2.75, 3.05) is 32.7 Å². The molecule has 0 radical (unpaired) electrons. The molecular formula is C16H21N3O2. The Kier molecular flexibility index (Phi) is 2.92. The predicted molar refractivity (Wildman–Crippen MR) is 78.1 cm³/mol. The van der Waals surface area contributed by atoms with Gasteiger partial charge in [0.2, 0.25) is 0 Å². The molecule has 4 rings (SSSR count). The highest BCUT2D eigenvalue weighted by Gasteiger charge is 2.49. The van der Waals surface area contributed by atoms with E-state index in [-0.39, 0.29) is 5.91 Å². The number of nitrogens with zero attached hydrogens (tertiary/aromatic N) is 3. The topological polar surface area (TPSA) is 49.6 Å². The lowest BCUT2D eigenvalue weighted by molar-refractivity contribution is 0.0105. The van der Waals surface area contributed by atoms with Crippen LogP contribution in [0.3, 0.4) is 0 Å². The fraction of sp³-hybridized carbons (Fsp3) is 0.625. The molecule has 5 heteroatoms. The van der Waals surface area contributed by atoms with Crippen molar-refractivity contribution in [3.05, 3.63) is 30.2 Å². The molecule has 1 spiro atoms. The number of carbonyl (C=O) groups is 1. The first-order valence-electron chi connectivity index (χ1n) is 7.78. The third kappa shape index (κ3) is 2.29. The first-order valence-corrected chi connectivity index (χ1v) is 7.78. The summed E-state index contributed by atoms with van der Waals surface area (Å²) < 4.78 is 5.28. The molecule has 3 aliphatic rings. The lowest BCUT2D eigenvalue weighted by Gasteiger charge is -2.47. The maximum atomic E-state index is 12.4. The first-order chi connectivity index (χ1) is 10.2. The van der Waals surface area contributed by atoms with Crippen LogP contribution in [0.25, 0.3) is 0 Å². The van der Waals surface area contributed by atoms with Crippen molar-refractivity contribution in [3.8, 4) is 0 Å². The zero-order valence-electron chi connectivity index (χ0n) is 12.3. The van der Waals surface area contributed by atoms with Gasteiger partial charge in [0.25, 0.3) is 5.91 Å². The van der Waals surface area contributed by atoms with Crippen LogP contribution in [0.15, 0.2) is 23.2 Å². The van der Waals surface area contributed by atoms with E-state index in [1.807, 2.05) is 17.0 Å². The molecule has 0 atom stereocenters. The van der Waals surface area contributed by atoms with Gasteiger partial charge in [-0.3, -0.25) is 9.69 Å². The van der Waals surface area contributed by atoms with Gasteiger partial charge in [0.05, 0.1) is 0 Å². The smallest absolute Gasteiger partial charge is 0.276 e. The van der Waals surface area contributed by atoms with Gasteiger partial charge in [-0.15, -0.1) is 6.58 Å². The van der Waals surface area contributed by atoms with E-state index in [9.17, 15) is 4.79 Å². The minimum absolute atomic E-state index is 0.0263. The van der Waals surface area contributed by atoms with E-state index in [4.69, 9.17) is 4.52 Å². The van der Waals surface area contributed by atoms with Gasteiger partial charge in [-0.2, -0.15) is 0 Å². The zero-order valence-corrected chi connectivity index (χ0v) is 12.3. The molecule has 1 saturated carbocycles. The number of likely N-dealkylation sites (tertiary alicyclic amines) is 2. The molecule has 2 aliphatic heterocycles. The molecule has 3 fully saturated rings. The molecule has 112 valence electrons. The van der Waals surface area contributed by atoms with Crippen molar-refractivity contribution in [2.24, 2.45) is 5.41 Å². The molecule has 2 saturated heterocycles. The number of carbonyl (C=O) groups excluding carboxylic acids is 1. The fourth-order valence-corrected chi connectivity index (χ4v) is 3.64. The number of amides is 1. The molecule has 0 unspecified atom stereocenters. The third-order valence-corrected chi connectivity index (χ3v) is 4.97. The van der Waals surface area contributed by atoms with E-state index in [0.29, 0.717) is 17.0 Å². The van der Waals surface area contributed by atoms with Gasteiger partial charge in [-0.25, -0.2) is 0 Å². The van der Waals surface area contributed by atoms with Gasteiger partial charge in [0.1, 0.15) is 5.76 Å². The minimum Gasteiger partial charge on any atom is -0.360 e. The van der Waals surface area contributed by atoms with Crippen molar-refractivity contribution in [1.29, 1.82) is 0 Å². The second kappa shape index (κ2) is 4.70. The summed E-state index contributed by atoms with van der Waals surface area (Å²) in [4.78, 5) is 16.7. The molecule has 1 aliphatic carbocycles. The number of hydrogen-bond acceptors (Lipinski definition) is 4. The Bertz CT molecular complexity index is 570. The molecule has 5 nitrogen and oxygen atoms in total. The van der Waals surface area contributed by atoms with Crippen LogP contribution >= 0.6 is 0 Å². The van der Waals surface area contributed by atoms with Gasteiger partial charge in [-0.1, -0.05) is 11.2 Å². The largest absolute Gasteiger partial charge is 0.360 e. The second-order valence-corrected chi connectivity index (χ2v) is 6.82. The average Bonchev–Trinajstić information content (AvgIpc) is 3.01. The summed E-state index contributed by atoms with van der Waals surface area (Å²) in [7, 11) is 0. The lowest BCUT2D eigenvalue weighted by Crippen LogP contribution is -2.59. The van der Waals surface area contributed by atoms with Gasteiger partial charge in [0.15, 0.2) is 5.69 Å². The van der Waals surface area contributed by atoms with Crippen molar-refractivity contribution in [3.63, 3.8) is 0 Å². The monoisotopic (exact) mass is 287 g/mol. The summed E-state index contributed by atoms with van der Waals surface area (Å²) in [6, 6.07) is 1.84. The molecule has 1 amide bonds. The maximum Gasteiger partial charge on any atom is 0.276 e. The van der Waals surface area contributed by atoms with Crippen LogP contribution < -0.4 is 0 Å². The Morgan fingerprint density at radius 3 is 3.00 bits per heavy atom. The molecule has 21 heavy (non-hydrogen) atoms. The van der Waals surface area contributed by atoms with Crippen LogP contribution in [-0.4, -0.2) is 53.6 Å². The van der Waals surface area contributed by atoms with Crippen molar-refractivity contribution in [2.45, 2.75) is 25.2 Å². The van der Waals surface area contributed by atoms with E-state index < -0.39 is 0 Å². The number of rotatable bonds is 4. The Labute approximate surface area is 124 Å². The van der Waals surface area contributed by atoms with Crippen LogP contribution in [0.1, 0.15) is 41.4 Å². The standard InChI is InChI=1S/C16H21N3O2/c1-2-6-18-7-5-16(9-18)10-19(11-16)15(20)13-8-14(21-17-13)12-3-4-12/h2,8,12H,1,3-7,9-11H2. The highest BCUT2D eigenvalue weighted by molar-refractivity contribution is 5.93. The quantitative estimate of drug-likeness (QED) is 0.794. The Morgan fingerprint density at radius 1 is 1.48 bits per heavy atom. The van der Waals surface area contributed by atoms with E-state index in [0.717, 1.165) is 51.3 Å². The van der Waals surface area contributed by atoms with Crippen molar-refractivity contribution < 1.29 is 9.32 Å². The minimum atomic E-state index is 0.0263. The SMILES string of the molecule is C=CCN1CCC2(C1)CN(C(=O)c1cc(C3CC3)on1)C2. The Morgan fingerprint density at radius 2 is 2.29 bits per heavy atom. The normalized spacial score (nSPS) is 24.3. The van der Waals surface area contributed by atoms with E-state index >= 15 is 0 Å². The van der Waals surface area contributed by atoms with Crippen LogP contribution in [-0.2, 0) is 0 Å². The molecule has 1 aromatic rings. The number of hydrogen-bond donors (Lipinski definition) is 0. The highest BCUT2D eigenvalue weighted by Crippen LogP contribution is 2.42. The zero-order chi connectivity index (χ0) is 14.4. The summed E-state index contributed by atoms with van der Waals surface area (Å²) in [5, 5.41) is 3.95. The predicted octanol–water partition coefficient (Wildman–Crippen LogP) is 1.89.